The fraction of sp³-hybridized carbons (Fsp3) is 0.176. The number of hydrazone groups is 1. The molecule has 0 saturated carbocycles. The summed E-state index contributed by atoms with van der Waals surface area (Å²) in [5.74, 6) is -0.220. The number of carbonyl (C=O) groups excluding carboxylic acids is 1. The van der Waals surface area contributed by atoms with Crippen molar-refractivity contribution in [1.29, 1.82) is 0 Å². The van der Waals surface area contributed by atoms with Crippen LogP contribution in [0.15, 0.2) is 58.5 Å². The summed E-state index contributed by atoms with van der Waals surface area (Å²) in [7, 11) is -3.77. The maximum Gasteiger partial charge on any atom is 0.276 e. The van der Waals surface area contributed by atoms with Gasteiger partial charge in [0.2, 0.25) is 5.91 Å². The molecule has 0 bridgehead atoms. The molecular weight excluding hydrogens is 326 g/mol. The molecule has 0 spiro atoms. The maximum absolute atomic E-state index is 12.3. The van der Waals surface area contributed by atoms with Crippen LogP contribution in [0.25, 0.3) is 0 Å². The van der Waals surface area contributed by atoms with Crippen molar-refractivity contribution in [3.63, 3.8) is 0 Å². The summed E-state index contributed by atoms with van der Waals surface area (Å²) in [4.78, 5) is 13.3. The lowest BCUT2D eigenvalue weighted by atomic mass is 10.1. The van der Waals surface area contributed by atoms with Crippen molar-refractivity contribution < 1.29 is 13.2 Å². The monoisotopic (exact) mass is 345 g/mol. The summed E-state index contributed by atoms with van der Waals surface area (Å²) < 4.78 is 24.5. The van der Waals surface area contributed by atoms with Crippen LogP contribution in [0.1, 0.15) is 25.0 Å². The van der Waals surface area contributed by atoms with Gasteiger partial charge in [0, 0.05) is 12.6 Å². The van der Waals surface area contributed by atoms with Gasteiger partial charge in [-0.15, -0.1) is 0 Å². The molecule has 6 nitrogen and oxygen atoms in total. The van der Waals surface area contributed by atoms with Crippen LogP contribution in [0.3, 0.4) is 0 Å². The summed E-state index contributed by atoms with van der Waals surface area (Å²) in [6, 6.07) is 13.5. The predicted octanol–water partition coefficient (Wildman–Crippen LogP) is 2.66. The Morgan fingerprint density at radius 3 is 2.08 bits per heavy atom. The molecule has 0 heterocycles. The molecular formula is C17H19N3O3S. The highest BCUT2D eigenvalue weighted by Crippen LogP contribution is 2.14. The van der Waals surface area contributed by atoms with E-state index in [9.17, 15) is 13.2 Å². The van der Waals surface area contributed by atoms with Crippen molar-refractivity contribution in [3.05, 3.63) is 59.7 Å². The largest absolute Gasteiger partial charge is 0.326 e. The van der Waals surface area contributed by atoms with E-state index in [0.717, 1.165) is 11.1 Å². The second-order valence-electron chi connectivity index (χ2n) is 5.36. The van der Waals surface area contributed by atoms with Crippen molar-refractivity contribution in [2.45, 2.75) is 25.7 Å². The predicted molar refractivity (Wildman–Crippen MR) is 94.5 cm³/mol. The molecule has 126 valence electrons. The Morgan fingerprint density at radius 1 is 0.958 bits per heavy atom. The minimum absolute atomic E-state index is 0.0667. The van der Waals surface area contributed by atoms with Crippen LogP contribution in [0.5, 0.6) is 0 Å². The first-order chi connectivity index (χ1) is 11.3. The van der Waals surface area contributed by atoms with E-state index in [1.807, 2.05) is 31.2 Å². The number of hydrogen-bond acceptors (Lipinski definition) is 4. The number of amides is 1. The molecule has 2 N–H and O–H groups in total. The fourth-order valence-electron chi connectivity index (χ4n) is 1.96. The minimum atomic E-state index is -3.77. The van der Waals surface area contributed by atoms with E-state index >= 15 is 0 Å². The van der Waals surface area contributed by atoms with Gasteiger partial charge in [-0.25, -0.2) is 0 Å². The van der Waals surface area contributed by atoms with E-state index in [2.05, 4.69) is 15.2 Å². The molecule has 0 aliphatic rings. The Kier molecular flexibility index (Phi) is 5.35. The molecule has 0 atom stereocenters. The van der Waals surface area contributed by atoms with Crippen LogP contribution in [0.2, 0.25) is 0 Å². The van der Waals surface area contributed by atoms with Gasteiger partial charge in [-0.2, -0.15) is 18.4 Å². The highest BCUT2D eigenvalue weighted by atomic mass is 32.2. The molecule has 24 heavy (non-hydrogen) atoms. The third kappa shape index (κ3) is 4.66. The Morgan fingerprint density at radius 2 is 1.54 bits per heavy atom. The molecule has 0 aliphatic carbocycles. The number of anilines is 1. The van der Waals surface area contributed by atoms with Crippen molar-refractivity contribution in [2.75, 3.05) is 5.32 Å². The van der Waals surface area contributed by atoms with Crippen LogP contribution in [-0.4, -0.2) is 20.0 Å². The van der Waals surface area contributed by atoms with Crippen LogP contribution >= 0.6 is 0 Å². The number of nitrogens with zero attached hydrogens (tertiary/aromatic N) is 1. The molecule has 0 fully saturated rings. The molecule has 1 amide bonds. The molecule has 2 aromatic carbocycles. The zero-order valence-corrected chi connectivity index (χ0v) is 14.5. The van der Waals surface area contributed by atoms with E-state index in [4.69, 9.17) is 0 Å². The molecule has 0 aromatic heterocycles. The van der Waals surface area contributed by atoms with Crippen LogP contribution in [-0.2, 0) is 14.8 Å². The summed E-state index contributed by atoms with van der Waals surface area (Å²) in [6.45, 7) is 5.09. The smallest absolute Gasteiger partial charge is 0.276 e. The van der Waals surface area contributed by atoms with Crippen molar-refractivity contribution in [2.24, 2.45) is 5.10 Å². The first-order valence-corrected chi connectivity index (χ1v) is 8.77. The standard InChI is InChI=1S/C17H19N3O3S/c1-12-4-6-15(7-5-12)13(2)19-20-24(22,23)17-10-8-16(9-11-17)18-14(3)21/h4-11,20H,1-3H3,(H,18,21)/b19-13+. The maximum atomic E-state index is 12.3. The fourth-order valence-corrected chi connectivity index (χ4v) is 2.82. The SMILES string of the molecule is CC(=O)Nc1ccc(S(=O)(=O)N/N=C(\C)c2ccc(C)cc2)cc1. The van der Waals surface area contributed by atoms with E-state index in [-0.39, 0.29) is 10.8 Å². The summed E-state index contributed by atoms with van der Waals surface area (Å²) in [6.07, 6.45) is 0. The van der Waals surface area contributed by atoms with E-state index in [1.165, 1.54) is 31.2 Å². The van der Waals surface area contributed by atoms with Crippen molar-refractivity contribution >= 4 is 27.3 Å². The zero-order chi connectivity index (χ0) is 17.7. The third-order valence-corrected chi connectivity index (χ3v) is 4.51. The Balaban J connectivity index is 2.14. The van der Waals surface area contributed by atoms with Gasteiger partial charge in [0.1, 0.15) is 0 Å². The number of nitrogens with one attached hydrogen (secondary N) is 2. The van der Waals surface area contributed by atoms with E-state index in [1.54, 1.807) is 6.92 Å². The van der Waals surface area contributed by atoms with Gasteiger partial charge in [0.15, 0.2) is 0 Å². The number of rotatable bonds is 5. The molecule has 2 aromatic rings. The molecule has 0 radical (unpaired) electrons. The van der Waals surface area contributed by atoms with E-state index < -0.39 is 10.0 Å². The molecule has 0 unspecified atom stereocenters. The second kappa shape index (κ2) is 7.27. The number of benzene rings is 2. The lowest BCUT2D eigenvalue weighted by molar-refractivity contribution is -0.114. The Hall–Kier alpha value is -2.67. The van der Waals surface area contributed by atoms with Gasteiger partial charge < -0.3 is 5.32 Å². The summed E-state index contributed by atoms with van der Waals surface area (Å²) in [5, 5.41) is 6.53. The highest BCUT2D eigenvalue weighted by molar-refractivity contribution is 7.89. The Labute approximate surface area is 141 Å². The topological polar surface area (TPSA) is 87.6 Å². The average Bonchev–Trinajstić information content (AvgIpc) is 2.53. The quantitative estimate of drug-likeness (QED) is 0.645. The van der Waals surface area contributed by atoms with Gasteiger partial charge in [-0.3, -0.25) is 4.79 Å². The van der Waals surface area contributed by atoms with Gasteiger partial charge in [-0.05, 0) is 43.7 Å². The minimum Gasteiger partial charge on any atom is -0.326 e. The number of hydrogen-bond donors (Lipinski definition) is 2. The Bertz CT molecular complexity index is 855. The lowest BCUT2D eigenvalue weighted by Gasteiger charge is -2.07. The molecule has 0 saturated heterocycles. The first kappa shape index (κ1) is 17.7. The summed E-state index contributed by atoms with van der Waals surface area (Å²) >= 11 is 0. The average molecular weight is 345 g/mol. The molecule has 0 aliphatic heterocycles. The normalized spacial score (nSPS) is 11.9. The van der Waals surface area contributed by atoms with Gasteiger partial charge in [0.25, 0.3) is 10.0 Å². The first-order valence-electron chi connectivity index (χ1n) is 7.29. The van der Waals surface area contributed by atoms with Gasteiger partial charge in [-0.1, -0.05) is 29.8 Å². The highest BCUT2D eigenvalue weighted by Gasteiger charge is 2.13. The lowest BCUT2D eigenvalue weighted by Crippen LogP contribution is -2.20. The zero-order valence-electron chi connectivity index (χ0n) is 13.7. The number of sulfonamides is 1. The van der Waals surface area contributed by atoms with Crippen LogP contribution in [0, 0.1) is 6.92 Å². The number of carbonyl (C=O) groups is 1. The van der Waals surface area contributed by atoms with Crippen LogP contribution in [0.4, 0.5) is 5.69 Å². The van der Waals surface area contributed by atoms with E-state index in [0.29, 0.717) is 11.4 Å². The second-order valence-corrected chi connectivity index (χ2v) is 7.02. The van der Waals surface area contributed by atoms with Gasteiger partial charge in [0.05, 0.1) is 10.6 Å². The van der Waals surface area contributed by atoms with Crippen molar-refractivity contribution in [3.8, 4) is 0 Å². The molecule has 7 heteroatoms. The third-order valence-electron chi connectivity index (χ3n) is 3.29. The molecule has 2 rings (SSSR count). The van der Waals surface area contributed by atoms with Crippen molar-refractivity contribution in [1.82, 2.24) is 4.83 Å². The summed E-state index contributed by atoms with van der Waals surface area (Å²) in [5.41, 5.74) is 3.05. The van der Waals surface area contributed by atoms with Crippen LogP contribution < -0.4 is 10.1 Å². The van der Waals surface area contributed by atoms with Gasteiger partial charge >= 0.3 is 0 Å². The number of aryl methyl sites for hydroxylation is 1.